The van der Waals surface area contributed by atoms with Gasteiger partial charge in [0.25, 0.3) is 5.56 Å². The van der Waals surface area contributed by atoms with Crippen molar-refractivity contribution in [1.29, 1.82) is 0 Å². The maximum atomic E-state index is 13.2. The molecule has 2 aromatic carbocycles. The van der Waals surface area contributed by atoms with Crippen LogP contribution >= 0.6 is 45.1 Å². The monoisotopic (exact) mass is 1390 g/mol. The third kappa shape index (κ3) is 21.5. The summed E-state index contributed by atoms with van der Waals surface area (Å²) in [4.78, 5) is 85.5. The molecule has 498 valence electrons. The van der Waals surface area contributed by atoms with Crippen molar-refractivity contribution in [3.05, 3.63) is 123 Å². The Kier molecular flexibility index (Phi) is 27.9. The number of H-pyrrole nitrogens is 1. The summed E-state index contributed by atoms with van der Waals surface area (Å²) in [5.74, 6) is 7.07. The zero-order valence-corrected chi connectivity index (χ0v) is 58.7. The van der Waals surface area contributed by atoms with E-state index in [0.29, 0.717) is 43.2 Å². The number of phosphoric ester groups is 1. The van der Waals surface area contributed by atoms with E-state index in [1.165, 1.54) is 39.5 Å². The lowest BCUT2D eigenvalue weighted by Crippen LogP contribution is -2.30. The Morgan fingerprint density at radius 1 is 0.912 bits per heavy atom. The molecule has 4 unspecified atom stereocenters. The van der Waals surface area contributed by atoms with Gasteiger partial charge in [0.15, 0.2) is 5.71 Å². The zero-order valence-electron chi connectivity index (χ0n) is 52.7. The fraction of sp³-hybridized carbons (Fsp3) is 0.540. The van der Waals surface area contributed by atoms with Crippen LogP contribution in [0.5, 0.6) is 0 Å². The number of anilines is 2. The number of Topliss-reactive ketones (excluding diaryl/α,β-unsaturated/α-hetero) is 2. The van der Waals surface area contributed by atoms with E-state index in [-0.39, 0.29) is 59.0 Å². The van der Waals surface area contributed by atoms with Crippen LogP contribution in [0.3, 0.4) is 0 Å². The number of ketones is 2. The highest BCUT2D eigenvalue weighted by atomic mass is 33.1. The molecule has 21 nitrogen and oxygen atoms in total. The van der Waals surface area contributed by atoms with Gasteiger partial charge < -0.3 is 44.4 Å². The van der Waals surface area contributed by atoms with Crippen LogP contribution < -0.4 is 16.2 Å². The van der Waals surface area contributed by atoms with Crippen molar-refractivity contribution in [1.82, 2.24) is 9.97 Å². The Hall–Kier alpha value is -3.99. The molecule has 0 radical (unpaired) electrons. The van der Waals surface area contributed by atoms with E-state index in [9.17, 15) is 37.9 Å². The first-order valence-corrected chi connectivity index (χ1v) is 40.3. The Bertz CT molecular complexity index is 3560. The van der Waals surface area contributed by atoms with Gasteiger partial charge in [0.2, 0.25) is 11.6 Å². The van der Waals surface area contributed by atoms with Gasteiger partial charge >= 0.3 is 23.5 Å². The summed E-state index contributed by atoms with van der Waals surface area (Å²) in [5.41, 5.74) is 15.1. The number of ether oxygens (including phenoxy) is 3. The number of hydrogen-bond donors (Lipinski definition) is 6. The predicted octanol–water partition coefficient (Wildman–Crippen LogP) is 12.2. The zero-order chi connectivity index (χ0) is 66.2. The smallest absolute Gasteiger partial charge is 0.370 e. The number of aryl methyl sites for hydroxylation is 1. The van der Waals surface area contributed by atoms with Crippen molar-refractivity contribution in [3.63, 3.8) is 0 Å². The fourth-order valence-electron chi connectivity index (χ4n) is 11.8. The summed E-state index contributed by atoms with van der Waals surface area (Å²) < 4.78 is 68.4. The molecular formula is C63H87N5O16P3S4+. The molecule has 1 fully saturated rings. The molecule has 3 aliphatic heterocycles. The number of nitrogen functional groups attached to an aromatic ring is 1. The highest BCUT2D eigenvalue weighted by Crippen LogP contribution is 2.66. The quantitative estimate of drug-likeness (QED) is 0.00594. The van der Waals surface area contributed by atoms with Gasteiger partial charge in [0, 0.05) is 110 Å². The lowest BCUT2D eigenvalue weighted by Gasteiger charge is -2.25. The number of rotatable bonds is 37. The standard InChI is InChI=1S/C63H86N5O16P3S4/c1-8-67-51-30-20-19-29-49(51)62(3,4)56(67)31-15-11-16-32-57-63(5,6)50-38-44(2)33-34-52(50)68(57)35-21-12-14-26-47(70)28-23-37-89-90-42-79-36-22-10-9-13-25-46(69)27-18-17-24-45-39-48(59-58(45)60(71)66-61(64)65-59)53-40-54(80-43-91(7)88)55(82-53)41-81-86(75,76)84-87(77,78)83-85(72,73)74/h11,15-16,19-20,29-34,38-39,48,53-55H,8-10,12-14,18,21-23,25-28,35-37,40-43H2,1-7H3,(H6-,64,65,66,71,72,73,74,75,76,77,78)/p+1/t48?,53-,54+,55-,91?/m1/s1. The first-order chi connectivity index (χ1) is 43.1. The average molecular weight is 1390 g/mol. The molecule has 7 N–H and O–H groups in total. The number of benzene rings is 2. The summed E-state index contributed by atoms with van der Waals surface area (Å²) >= 11 is 5.26. The van der Waals surface area contributed by atoms with Crippen molar-refractivity contribution in [3.8, 4) is 11.8 Å². The number of nitrogens with zero attached hydrogens (tertiary/aromatic N) is 3. The molecule has 0 spiro atoms. The topological polar surface area (TPSA) is 300 Å². The molecule has 3 aromatic rings. The number of hydrogen-bond acceptors (Lipinski definition) is 18. The normalized spacial score (nSPS) is 21.2. The van der Waals surface area contributed by atoms with Gasteiger partial charge in [-0.3, -0.25) is 23.9 Å². The van der Waals surface area contributed by atoms with E-state index in [0.717, 1.165) is 70.2 Å². The Labute approximate surface area is 549 Å². The molecule has 28 heteroatoms. The summed E-state index contributed by atoms with van der Waals surface area (Å²) in [6.45, 7) is 15.3. The number of likely N-dealkylation sites (N-methyl/N-ethyl adjacent to an activating group) is 1. The van der Waals surface area contributed by atoms with Gasteiger partial charge in [-0.1, -0.05) is 124 Å². The van der Waals surface area contributed by atoms with Gasteiger partial charge in [-0.2, -0.15) is 13.2 Å². The Balaban J connectivity index is 0.743. The minimum atomic E-state index is -5.76. The first kappa shape index (κ1) is 74.4. The number of fused-ring (bicyclic) bond motifs is 3. The number of carbonyl (C=O) groups excluding carboxylic acids is 2. The number of carbonyl (C=O) groups is 2. The summed E-state index contributed by atoms with van der Waals surface area (Å²) in [5, 5.41) is 0. The van der Waals surface area contributed by atoms with Crippen molar-refractivity contribution in [2.24, 2.45) is 0 Å². The number of nitrogens with two attached hydrogens (primary N) is 1. The summed E-state index contributed by atoms with van der Waals surface area (Å²) in [6, 6.07) is 15.5. The van der Waals surface area contributed by atoms with E-state index in [1.807, 2.05) is 0 Å². The molecule has 1 saturated heterocycles. The lowest BCUT2D eigenvalue weighted by atomic mass is 9.81. The average Bonchev–Trinajstić information content (AvgIpc) is 1.68. The second-order valence-corrected chi connectivity index (χ2v) is 33.9. The molecule has 0 bridgehead atoms. The largest absolute Gasteiger partial charge is 0.490 e. The summed E-state index contributed by atoms with van der Waals surface area (Å²) in [6.07, 6.45) is 21.1. The second kappa shape index (κ2) is 34.1. The number of phosphoric acid groups is 3. The third-order valence-electron chi connectivity index (χ3n) is 16.2. The van der Waals surface area contributed by atoms with Gasteiger partial charge in [-0.05, 0) is 101 Å². The van der Waals surface area contributed by atoms with Crippen LogP contribution in [0.2, 0.25) is 0 Å². The third-order valence-corrected chi connectivity index (χ3v) is 22.9. The van der Waals surface area contributed by atoms with E-state index in [4.69, 9.17) is 45.4 Å². The van der Waals surface area contributed by atoms with Crippen molar-refractivity contribution < 1.29 is 74.8 Å². The molecule has 1 aromatic heterocycles. The SMILES string of the molecule is CCN1\C(=C/C=C/C=C/C2=[N+](CCCCCC(=O)CCCSSCOCCCCCCC(=O)CCC#CC3=CC([C@H]4C[C@H](OCS(C)=S)[C@@H](COP(=O)(O)OP(=O)(O)OP(=O)(O)O)O4)c4nc(N)[nH]c(=O)c43)c3ccc(C)cc3C2(C)C)C(C)(C)c2ccccc21. The van der Waals surface area contributed by atoms with Crippen molar-refractivity contribution in [2.45, 2.75) is 166 Å². The van der Waals surface area contributed by atoms with Gasteiger partial charge in [0.05, 0.1) is 41.4 Å². The summed E-state index contributed by atoms with van der Waals surface area (Å²) in [7, 11) is -14.1. The number of allylic oxidation sites excluding steroid dienone is 7. The molecule has 4 aliphatic rings. The molecule has 7 rings (SSSR count). The number of nitrogens with one attached hydrogen (secondary N) is 1. The maximum Gasteiger partial charge on any atom is 0.490 e. The number of aromatic amines is 1. The minimum absolute atomic E-state index is 0.0690. The molecule has 7 atom stereocenters. The predicted molar refractivity (Wildman–Crippen MR) is 365 cm³/mol. The molecule has 4 heterocycles. The van der Waals surface area contributed by atoms with Crippen LogP contribution in [0.1, 0.15) is 158 Å². The lowest BCUT2D eigenvalue weighted by molar-refractivity contribution is -0.438. The first-order valence-electron chi connectivity index (χ1n) is 30.6. The highest BCUT2D eigenvalue weighted by molar-refractivity contribution is 8.76. The Morgan fingerprint density at radius 2 is 1.63 bits per heavy atom. The van der Waals surface area contributed by atoms with Crippen LogP contribution in [-0.4, -0.2) is 120 Å². The molecule has 1 aliphatic carbocycles. The molecule has 0 amide bonds. The van der Waals surface area contributed by atoms with Crippen LogP contribution in [0.4, 0.5) is 17.3 Å². The maximum absolute atomic E-state index is 13.2. The molecule has 91 heavy (non-hydrogen) atoms. The van der Waals surface area contributed by atoms with Crippen LogP contribution in [-0.2, 0) is 82.1 Å². The van der Waals surface area contributed by atoms with Crippen molar-refractivity contribution in [2.75, 3.05) is 60.8 Å². The fourth-order valence-corrected chi connectivity index (χ4v) is 17.1. The Morgan fingerprint density at radius 3 is 2.36 bits per heavy atom. The number of para-hydroxylation sites is 1. The van der Waals surface area contributed by atoms with E-state index in [2.05, 4.69) is 154 Å². The van der Waals surface area contributed by atoms with Crippen LogP contribution in [0.15, 0.2) is 89.4 Å². The van der Waals surface area contributed by atoms with E-state index >= 15 is 0 Å². The molecule has 0 saturated carbocycles. The highest BCUT2D eigenvalue weighted by Gasteiger charge is 2.47. The number of aromatic nitrogens is 2. The van der Waals surface area contributed by atoms with Crippen LogP contribution in [0.25, 0.3) is 5.57 Å². The number of unbranched alkanes of at least 4 members (excludes halogenated alkanes) is 5. The van der Waals surface area contributed by atoms with Crippen molar-refractivity contribution >= 4 is 106 Å². The van der Waals surface area contributed by atoms with Gasteiger partial charge in [-0.15, -0.1) is 0 Å². The minimum Gasteiger partial charge on any atom is -0.370 e. The second-order valence-electron chi connectivity index (χ2n) is 23.8. The van der Waals surface area contributed by atoms with Crippen LogP contribution in [0, 0.1) is 18.8 Å². The van der Waals surface area contributed by atoms with E-state index in [1.54, 1.807) is 33.9 Å². The van der Waals surface area contributed by atoms with Gasteiger partial charge in [0.1, 0.15) is 30.2 Å². The van der Waals surface area contributed by atoms with E-state index < -0.39 is 69.3 Å². The van der Waals surface area contributed by atoms with Gasteiger partial charge in [-0.25, -0.2) is 18.7 Å². The molecular weight excluding hydrogens is 1300 g/mol.